The summed E-state index contributed by atoms with van der Waals surface area (Å²) in [5.74, 6) is -0.184. The highest BCUT2D eigenvalue weighted by molar-refractivity contribution is 7.89. The van der Waals surface area contributed by atoms with Gasteiger partial charge in [0, 0.05) is 47.6 Å². The number of nitrogens with zero attached hydrogens (tertiary/aromatic N) is 1. The third-order valence-corrected chi connectivity index (χ3v) is 8.15. The van der Waals surface area contributed by atoms with Crippen LogP contribution in [0.2, 0.25) is 0 Å². The molecule has 4 N–H and O–H groups in total. The maximum Gasteiger partial charge on any atom is 0.255 e. The second kappa shape index (κ2) is 11.2. The first-order chi connectivity index (χ1) is 17.3. The summed E-state index contributed by atoms with van der Waals surface area (Å²) in [5.41, 5.74) is 7.45. The maximum absolute atomic E-state index is 13.4. The maximum atomic E-state index is 13.4. The summed E-state index contributed by atoms with van der Waals surface area (Å²) in [4.78, 5) is 27.1. The molecule has 3 aromatic rings. The Labute approximate surface area is 211 Å². The van der Waals surface area contributed by atoms with Crippen LogP contribution >= 0.6 is 0 Å². The largest absolute Gasteiger partial charge is 0.343 e. The molecule has 1 saturated heterocycles. The number of anilines is 1. The summed E-state index contributed by atoms with van der Waals surface area (Å²) in [7, 11) is -3.83. The molecule has 0 unspecified atom stereocenters. The Bertz CT molecular complexity index is 1370. The van der Waals surface area contributed by atoms with Gasteiger partial charge in [0.05, 0.1) is 4.90 Å². The van der Waals surface area contributed by atoms with Gasteiger partial charge in [-0.05, 0) is 56.5 Å². The van der Waals surface area contributed by atoms with Crippen molar-refractivity contribution in [3.8, 4) is 0 Å². The van der Waals surface area contributed by atoms with Gasteiger partial charge >= 0.3 is 0 Å². The van der Waals surface area contributed by atoms with Crippen LogP contribution in [0, 0.1) is 6.92 Å². The van der Waals surface area contributed by atoms with Crippen molar-refractivity contribution in [2.75, 3.05) is 25.0 Å². The Morgan fingerprint density at radius 2 is 1.64 bits per heavy atom. The van der Waals surface area contributed by atoms with Crippen LogP contribution in [0.25, 0.3) is 10.8 Å². The number of piperidine rings is 1. The summed E-state index contributed by atoms with van der Waals surface area (Å²) >= 11 is 0. The molecule has 0 saturated carbocycles. The van der Waals surface area contributed by atoms with Crippen LogP contribution < -0.4 is 15.8 Å². The van der Waals surface area contributed by atoms with Crippen LogP contribution in [0.4, 0.5) is 5.69 Å². The molecular weight excluding hydrogens is 476 g/mol. The van der Waals surface area contributed by atoms with E-state index in [4.69, 9.17) is 5.73 Å². The molecule has 0 aromatic heterocycles. The van der Waals surface area contributed by atoms with Gasteiger partial charge in [-0.3, -0.25) is 9.59 Å². The zero-order valence-electron chi connectivity index (χ0n) is 20.4. The Balaban J connectivity index is 1.51. The molecule has 9 heteroatoms. The van der Waals surface area contributed by atoms with Gasteiger partial charge in [0.25, 0.3) is 5.91 Å². The van der Waals surface area contributed by atoms with Crippen molar-refractivity contribution in [1.82, 2.24) is 9.62 Å². The first-order valence-electron chi connectivity index (χ1n) is 12.2. The second-order valence-electron chi connectivity index (χ2n) is 9.09. The Hall–Kier alpha value is -3.27. The van der Waals surface area contributed by atoms with Crippen LogP contribution in [0.5, 0.6) is 0 Å². The number of carbonyl (C=O) groups excluding carboxylic acids is 2. The first-order valence-corrected chi connectivity index (χ1v) is 13.7. The third-order valence-electron chi connectivity index (χ3n) is 6.58. The normalized spacial score (nSPS) is 14.7. The average Bonchev–Trinajstić information content (AvgIpc) is 2.87. The van der Waals surface area contributed by atoms with E-state index in [0.717, 1.165) is 5.56 Å². The fraction of sp³-hybridized carbons (Fsp3) is 0.333. The molecule has 1 fully saturated rings. The molecule has 1 aliphatic rings. The average molecular weight is 509 g/mol. The summed E-state index contributed by atoms with van der Waals surface area (Å²) in [6, 6.07) is 17.3. The van der Waals surface area contributed by atoms with Gasteiger partial charge in [-0.25, -0.2) is 13.1 Å². The number of nitrogens with one attached hydrogen (secondary N) is 2. The first kappa shape index (κ1) is 25.8. The van der Waals surface area contributed by atoms with Crippen LogP contribution in [0.1, 0.15) is 41.6 Å². The number of amides is 2. The number of carbonyl (C=O) groups is 2. The number of rotatable bonds is 8. The van der Waals surface area contributed by atoms with Crippen molar-refractivity contribution in [1.29, 1.82) is 0 Å². The van der Waals surface area contributed by atoms with Gasteiger partial charge in [0.2, 0.25) is 15.9 Å². The molecule has 4 rings (SSSR count). The molecule has 1 aliphatic heterocycles. The standard InChI is InChI=1S/C27H32N4O4S/c1-19-7-2-3-8-21(19)27(33)29-24-12-13-25(23-10-5-4-9-22(23)24)36(34,35)30-20-14-17-31(18-15-20)26(32)11-6-16-28/h2-5,7-10,12-13,20,30H,6,11,14-18,28H2,1H3,(H,29,33). The molecule has 0 bridgehead atoms. The van der Waals surface area contributed by atoms with Crippen molar-refractivity contribution in [3.05, 3.63) is 71.8 Å². The highest BCUT2D eigenvalue weighted by Crippen LogP contribution is 2.30. The van der Waals surface area contributed by atoms with E-state index in [1.54, 1.807) is 35.2 Å². The number of hydrogen-bond acceptors (Lipinski definition) is 5. The highest BCUT2D eigenvalue weighted by atomic mass is 32.2. The number of likely N-dealkylation sites (tertiary alicyclic amines) is 1. The molecule has 8 nitrogen and oxygen atoms in total. The van der Waals surface area contributed by atoms with Crippen LogP contribution in [-0.4, -0.2) is 50.8 Å². The Morgan fingerprint density at radius 1 is 0.972 bits per heavy atom. The smallest absolute Gasteiger partial charge is 0.255 e. The predicted molar refractivity (Wildman–Crippen MR) is 141 cm³/mol. The molecule has 2 amide bonds. The molecule has 36 heavy (non-hydrogen) atoms. The van der Waals surface area contributed by atoms with E-state index in [2.05, 4.69) is 10.0 Å². The lowest BCUT2D eigenvalue weighted by Crippen LogP contribution is -2.46. The SMILES string of the molecule is Cc1ccccc1C(=O)Nc1ccc(S(=O)(=O)NC2CCN(C(=O)CCCN)CC2)c2ccccc12. The van der Waals surface area contributed by atoms with Crippen LogP contribution in [-0.2, 0) is 14.8 Å². The zero-order valence-corrected chi connectivity index (χ0v) is 21.2. The number of aryl methyl sites for hydroxylation is 1. The zero-order chi connectivity index (χ0) is 25.7. The lowest BCUT2D eigenvalue weighted by Gasteiger charge is -2.32. The van der Waals surface area contributed by atoms with E-state index in [1.165, 1.54) is 6.07 Å². The van der Waals surface area contributed by atoms with Crippen LogP contribution in [0.15, 0.2) is 65.6 Å². The predicted octanol–water partition coefficient (Wildman–Crippen LogP) is 3.41. The number of nitrogens with two attached hydrogens (primary N) is 1. The quantitative estimate of drug-likeness (QED) is 0.431. The molecule has 190 valence electrons. The van der Waals surface area contributed by atoms with E-state index in [0.29, 0.717) is 67.3 Å². The van der Waals surface area contributed by atoms with Gasteiger partial charge in [0.1, 0.15) is 0 Å². The van der Waals surface area contributed by atoms with Crippen molar-refractivity contribution >= 4 is 38.3 Å². The molecule has 0 radical (unpaired) electrons. The van der Waals surface area contributed by atoms with Crippen molar-refractivity contribution in [2.24, 2.45) is 5.73 Å². The minimum absolute atomic E-state index is 0.0658. The van der Waals surface area contributed by atoms with E-state index >= 15 is 0 Å². The topological polar surface area (TPSA) is 122 Å². The van der Waals surface area contributed by atoms with Gasteiger partial charge in [-0.15, -0.1) is 0 Å². The third kappa shape index (κ3) is 5.75. The van der Waals surface area contributed by atoms with Gasteiger partial charge < -0.3 is 16.0 Å². The molecule has 3 aromatic carbocycles. The number of sulfonamides is 1. The summed E-state index contributed by atoms with van der Waals surface area (Å²) in [6.45, 7) is 3.38. The van der Waals surface area contributed by atoms with E-state index in [9.17, 15) is 18.0 Å². The van der Waals surface area contributed by atoms with Gasteiger partial charge in [-0.2, -0.15) is 0 Å². The van der Waals surface area contributed by atoms with E-state index < -0.39 is 10.0 Å². The van der Waals surface area contributed by atoms with Gasteiger partial charge in [0.15, 0.2) is 0 Å². The summed E-state index contributed by atoms with van der Waals surface area (Å²) in [5, 5.41) is 4.10. The molecule has 0 spiro atoms. The molecule has 1 heterocycles. The van der Waals surface area contributed by atoms with E-state index in [-0.39, 0.29) is 22.8 Å². The van der Waals surface area contributed by atoms with Crippen molar-refractivity contribution in [2.45, 2.75) is 43.5 Å². The van der Waals surface area contributed by atoms with Crippen LogP contribution in [0.3, 0.4) is 0 Å². The number of fused-ring (bicyclic) bond motifs is 1. The molecule has 0 atom stereocenters. The van der Waals surface area contributed by atoms with Crippen molar-refractivity contribution in [3.63, 3.8) is 0 Å². The monoisotopic (exact) mass is 508 g/mol. The lowest BCUT2D eigenvalue weighted by molar-refractivity contribution is -0.132. The minimum atomic E-state index is -3.83. The summed E-state index contributed by atoms with van der Waals surface area (Å²) in [6.07, 6.45) is 2.18. The fourth-order valence-electron chi connectivity index (χ4n) is 4.57. The van der Waals surface area contributed by atoms with Gasteiger partial charge in [-0.1, -0.05) is 42.5 Å². The van der Waals surface area contributed by atoms with E-state index in [1.807, 2.05) is 31.2 Å². The Morgan fingerprint density at radius 3 is 2.33 bits per heavy atom. The lowest BCUT2D eigenvalue weighted by atomic mass is 10.1. The second-order valence-corrected chi connectivity index (χ2v) is 10.8. The number of benzene rings is 3. The number of hydrogen-bond donors (Lipinski definition) is 3. The van der Waals surface area contributed by atoms with Crippen molar-refractivity contribution < 1.29 is 18.0 Å². The summed E-state index contributed by atoms with van der Waals surface area (Å²) < 4.78 is 29.6. The fourth-order valence-corrected chi connectivity index (χ4v) is 6.09. The molecular formula is C27H32N4O4S. The molecule has 0 aliphatic carbocycles. The minimum Gasteiger partial charge on any atom is -0.343 e. The Kier molecular flexibility index (Phi) is 8.03. The highest BCUT2D eigenvalue weighted by Gasteiger charge is 2.28.